The van der Waals surface area contributed by atoms with Gasteiger partial charge in [-0.15, -0.1) is 0 Å². The van der Waals surface area contributed by atoms with Crippen molar-refractivity contribution in [2.24, 2.45) is 0 Å². The molecular formula is C4H6N2O2Sn. The van der Waals surface area contributed by atoms with Crippen molar-refractivity contribution in [2.75, 3.05) is 0 Å². The fourth-order valence-corrected chi connectivity index (χ4v) is 1.25. The van der Waals surface area contributed by atoms with Crippen molar-refractivity contribution in [3.8, 4) is 0 Å². The van der Waals surface area contributed by atoms with Gasteiger partial charge in [-0.25, -0.2) is 0 Å². The van der Waals surface area contributed by atoms with Crippen LogP contribution >= 0.6 is 0 Å². The Labute approximate surface area is 63.4 Å². The Morgan fingerprint density at radius 2 is 2.11 bits per heavy atom. The summed E-state index contributed by atoms with van der Waals surface area (Å²) in [6, 6.07) is 0. The van der Waals surface area contributed by atoms with Crippen molar-refractivity contribution in [3.63, 3.8) is 0 Å². The molecule has 0 unspecified atom stereocenters. The third kappa shape index (κ3) is 1.44. The van der Waals surface area contributed by atoms with Crippen molar-refractivity contribution < 1.29 is 0 Å². The van der Waals surface area contributed by atoms with Gasteiger partial charge in [0.1, 0.15) is 0 Å². The first-order chi connectivity index (χ1) is 4.20. The summed E-state index contributed by atoms with van der Waals surface area (Å²) in [7, 11) is 0. The predicted octanol–water partition coefficient (Wildman–Crippen LogP) is -2.95. The minimum absolute atomic E-state index is 0.169. The van der Waals surface area contributed by atoms with E-state index in [1.807, 2.05) is 0 Å². The van der Waals surface area contributed by atoms with Gasteiger partial charge in [0.2, 0.25) is 0 Å². The second kappa shape index (κ2) is 2.38. The summed E-state index contributed by atoms with van der Waals surface area (Å²) < 4.78 is 0.719. The Balaban J connectivity index is 3.52. The summed E-state index contributed by atoms with van der Waals surface area (Å²) in [4.78, 5) is 25.5. The molecule has 0 aromatic carbocycles. The molecule has 0 saturated heterocycles. The molecule has 1 rings (SSSR count). The molecule has 2 N–H and O–H groups in total. The summed E-state index contributed by atoms with van der Waals surface area (Å²) in [5.74, 6) is 0. The van der Waals surface area contributed by atoms with E-state index in [0.29, 0.717) is 0 Å². The molecule has 0 radical (unpaired) electrons. The van der Waals surface area contributed by atoms with Crippen molar-refractivity contribution in [1.29, 1.82) is 0 Å². The quantitative estimate of drug-likeness (QED) is 0.470. The number of H-pyrrole nitrogens is 2. The van der Waals surface area contributed by atoms with Crippen LogP contribution in [-0.4, -0.2) is 32.5 Å². The third-order valence-corrected chi connectivity index (χ3v) is 3.13. The summed E-state index contributed by atoms with van der Waals surface area (Å²) in [5.41, 5.74) is -0.675. The molecule has 0 fully saturated rings. The molecule has 4 nitrogen and oxygen atoms in total. The van der Waals surface area contributed by atoms with Crippen molar-refractivity contribution >= 4 is 26.1 Å². The molecule has 0 aliphatic heterocycles. The second-order valence-electron chi connectivity index (χ2n) is 1.75. The number of aromatic nitrogens is 2. The first kappa shape index (κ1) is 6.60. The van der Waals surface area contributed by atoms with E-state index in [0.717, 1.165) is 3.58 Å². The van der Waals surface area contributed by atoms with E-state index in [1.165, 1.54) is 6.20 Å². The molecule has 48 valence electrons. The van der Waals surface area contributed by atoms with Gasteiger partial charge in [-0.1, -0.05) is 0 Å². The van der Waals surface area contributed by atoms with Crippen LogP contribution in [0.2, 0.25) is 0 Å². The van der Waals surface area contributed by atoms with Crippen LogP contribution in [0.25, 0.3) is 0 Å². The fourth-order valence-electron chi connectivity index (χ4n) is 0.477. The van der Waals surface area contributed by atoms with Gasteiger partial charge in [-0.05, 0) is 0 Å². The second-order valence-corrected chi connectivity index (χ2v) is 4.83. The van der Waals surface area contributed by atoms with Crippen LogP contribution in [0, 0.1) is 0 Å². The van der Waals surface area contributed by atoms with E-state index in [2.05, 4.69) is 9.97 Å². The first-order valence-electron chi connectivity index (χ1n) is 2.49. The summed E-state index contributed by atoms with van der Waals surface area (Å²) >= 11 is 0.169. The molecule has 0 spiro atoms. The number of rotatable bonds is 0. The summed E-state index contributed by atoms with van der Waals surface area (Å²) in [6.45, 7) is 0. The number of hydrogen-bond donors (Lipinski definition) is 2. The van der Waals surface area contributed by atoms with E-state index >= 15 is 0 Å². The van der Waals surface area contributed by atoms with Gasteiger partial charge < -0.3 is 0 Å². The average molecular weight is 233 g/mol. The normalized spacial score (nSPS) is 9.78. The Hall–Kier alpha value is -0.521. The van der Waals surface area contributed by atoms with Crippen LogP contribution in [0.3, 0.4) is 0 Å². The van der Waals surface area contributed by atoms with Gasteiger partial charge in [0.05, 0.1) is 0 Å². The average Bonchev–Trinajstić information content (AvgIpc) is 1.80. The zero-order chi connectivity index (χ0) is 6.85. The molecule has 1 heterocycles. The van der Waals surface area contributed by atoms with Gasteiger partial charge >= 0.3 is 63.1 Å². The summed E-state index contributed by atoms with van der Waals surface area (Å²) in [6.07, 6.45) is 1.47. The third-order valence-electron chi connectivity index (χ3n) is 1.00. The number of aromatic amines is 2. The monoisotopic (exact) mass is 234 g/mol. The molecule has 5 heteroatoms. The van der Waals surface area contributed by atoms with Gasteiger partial charge in [-0.2, -0.15) is 0 Å². The molecule has 1 aromatic rings. The molecule has 0 aliphatic rings. The number of nitrogens with one attached hydrogen (secondary N) is 2. The molecule has 1 aromatic heterocycles. The molecule has 0 amide bonds. The summed E-state index contributed by atoms with van der Waals surface area (Å²) in [5, 5.41) is 0. The van der Waals surface area contributed by atoms with E-state index in [1.54, 1.807) is 0 Å². The van der Waals surface area contributed by atoms with Gasteiger partial charge in [0.15, 0.2) is 0 Å². The SMILES string of the molecule is O=c1[nH]c[c]([SnH3])c(=O)[nH]1. The van der Waals surface area contributed by atoms with E-state index in [-0.39, 0.29) is 28.1 Å². The molecule has 0 bridgehead atoms. The first-order valence-corrected chi connectivity index (χ1v) is 5.34. The zero-order valence-corrected chi connectivity index (χ0v) is 10.6. The van der Waals surface area contributed by atoms with E-state index < -0.39 is 5.69 Å². The maximum absolute atomic E-state index is 10.6. The molecule has 0 atom stereocenters. The Morgan fingerprint density at radius 1 is 1.44 bits per heavy atom. The van der Waals surface area contributed by atoms with Gasteiger partial charge in [-0.3, -0.25) is 0 Å². The van der Waals surface area contributed by atoms with Crippen molar-refractivity contribution in [1.82, 2.24) is 9.97 Å². The zero-order valence-electron chi connectivity index (χ0n) is 4.89. The maximum atomic E-state index is 10.6. The Kier molecular flexibility index (Phi) is 1.75. The molecule has 0 saturated carbocycles. The van der Waals surface area contributed by atoms with Crippen LogP contribution in [-0.2, 0) is 0 Å². The molecule has 9 heavy (non-hydrogen) atoms. The Bertz CT molecular complexity index is 313. The standard InChI is InChI=1S/C4H3N2O2.Sn.3H/c7-3-1-2-5-4(8)6-3;;;;/h2H,(H2,5,6,7,8);;;;. The van der Waals surface area contributed by atoms with Crippen molar-refractivity contribution in [3.05, 3.63) is 27.0 Å². The van der Waals surface area contributed by atoms with Crippen LogP contribution in [0.5, 0.6) is 0 Å². The van der Waals surface area contributed by atoms with E-state index in [4.69, 9.17) is 0 Å². The van der Waals surface area contributed by atoms with Crippen LogP contribution in [0.15, 0.2) is 15.8 Å². The molecule has 0 aliphatic carbocycles. The van der Waals surface area contributed by atoms with E-state index in [9.17, 15) is 9.59 Å². The van der Waals surface area contributed by atoms with Gasteiger partial charge in [0, 0.05) is 0 Å². The molecular weight excluding hydrogens is 227 g/mol. The van der Waals surface area contributed by atoms with Crippen LogP contribution < -0.4 is 14.8 Å². The van der Waals surface area contributed by atoms with Crippen LogP contribution in [0.4, 0.5) is 0 Å². The fraction of sp³-hybridized carbons (Fsp3) is 0. The Morgan fingerprint density at radius 3 is 2.56 bits per heavy atom. The van der Waals surface area contributed by atoms with Crippen molar-refractivity contribution in [2.45, 2.75) is 0 Å². The minimum atomic E-state index is -0.433. The topological polar surface area (TPSA) is 65.7 Å². The number of hydrogen-bond acceptors (Lipinski definition) is 2. The van der Waals surface area contributed by atoms with Crippen LogP contribution in [0.1, 0.15) is 0 Å². The predicted molar refractivity (Wildman–Crippen MR) is 37.3 cm³/mol. The van der Waals surface area contributed by atoms with Gasteiger partial charge in [0.25, 0.3) is 0 Å².